The van der Waals surface area contributed by atoms with E-state index in [1.165, 1.54) is 0 Å². The molecule has 5 heteroatoms. The SMILES string of the molecule is Cc1cc(C)cc(Nc2nccc(C(=O)Nc3cccc(C)c3C)n2)c1. The minimum Gasteiger partial charge on any atom is -0.324 e. The normalized spacial score (nSPS) is 10.5. The minimum absolute atomic E-state index is 0.260. The van der Waals surface area contributed by atoms with Crippen LogP contribution in [-0.4, -0.2) is 15.9 Å². The highest BCUT2D eigenvalue weighted by Crippen LogP contribution is 2.20. The van der Waals surface area contributed by atoms with E-state index in [-0.39, 0.29) is 5.91 Å². The molecular weight excluding hydrogens is 324 g/mol. The Bertz CT molecular complexity index is 946. The van der Waals surface area contributed by atoms with Gasteiger partial charge in [0, 0.05) is 17.6 Å². The Labute approximate surface area is 153 Å². The smallest absolute Gasteiger partial charge is 0.274 e. The number of hydrogen-bond donors (Lipinski definition) is 2. The van der Waals surface area contributed by atoms with Crippen LogP contribution in [0.3, 0.4) is 0 Å². The average Bonchev–Trinajstić information content (AvgIpc) is 2.58. The van der Waals surface area contributed by atoms with E-state index in [0.29, 0.717) is 11.6 Å². The molecule has 2 aromatic carbocycles. The van der Waals surface area contributed by atoms with Crippen molar-refractivity contribution in [2.75, 3.05) is 10.6 Å². The summed E-state index contributed by atoms with van der Waals surface area (Å²) < 4.78 is 0. The van der Waals surface area contributed by atoms with Gasteiger partial charge in [-0.05, 0) is 74.2 Å². The van der Waals surface area contributed by atoms with Gasteiger partial charge in [-0.2, -0.15) is 0 Å². The highest BCUT2D eigenvalue weighted by atomic mass is 16.1. The number of benzene rings is 2. The van der Waals surface area contributed by atoms with E-state index < -0.39 is 0 Å². The Morgan fingerprint density at radius 1 is 0.962 bits per heavy atom. The molecule has 0 atom stereocenters. The molecule has 2 N–H and O–H groups in total. The van der Waals surface area contributed by atoms with Gasteiger partial charge in [0.15, 0.2) is 0 Å². The molecule has 0 spiro atoms. The number of nitrogens with zero attached hydrogens (tertiary/aromatic N) is 2. The Balaban J connectivity index is 1.80. The number of nitrogens with one attached hydrogen (secondary N) is 2. The van der Waals surface area contributed by atoms with Crippen LogP contribution in [0.15, 0.2) is 48.7 Å². The number of amides is 1. The van der Waals surface area contributed by atoms with Crippen LogP contribution in [0.4, 0.5) is 17.3 Å². The number of anilines is 3. The van der Waals surface area contributed by atoms with Gasteiger partial charge in [0.1, 0.15) is 5.69 Å². The fourth-order valence-corrected chi connectivity index (χ4v) is 2.79. The first-order valence-electron chi connectivity index (χ1n) is 8.48. The average molecular weight is 346 g/mol. The standard InChI is InChI=1S/C21H22N4O/c1-13-10-14(2)12-17(11-13)23-21-22-9-8-19(25-21)20(26)24-18-7-5-6-15(3)16(18)4/h5-12H,1-4H3,(H,24,26)(H,22,23,25). The molecule has 0 saturated heterocycles. The fourth-order valence-electron chi connectivity index (χ4n) is 2.79. The zero-order valence-corrected chi connectivity index (χ0v) is 15.4. The van der Waals surface area contributed by atoms with Crippen molar-refractivity contribution in [3.8, 4) is 0 Å². The molecule has 0 fully saturated rings. The zero-order chi connectivity index (χ0) is 18.7. The summed E-state index contributed by atoms with van der Waals surface area (Å²) in [6.07, 6.45) is 1.58. The van der Waals surface area contributed by atoms with E-state index in [0.717, 1.165) is 33.6 Å². The lowest BCUT2D eigenvalue weighted by molar-refractivity contribution is 0.102. The molecule has 0 aliphatic rings. The van der Waals surface area contributed by atoms with E-state index >= 15 is 0 Å². The molecule has 0 bridgehead atoms. The maximum atomic E-state index is 12.6. The van der Waals surface area contributed by atoms with Gasteiger partial charge in [-0.15, -0.1) is 0 Å². The van der Waals surface area contributed by atoms with Crippen LogP contribution in [-0.2, 0) is 0 Å². The number of carbonyl (C=O) groups excluding carboxylic acids is 1. The maximum absolute atomic E-state index is 12.6. The summed E-state index contributed by atoms with van der Waals surface area (Å²) in [5.41, 5.74) is 6.47. The van der Waals surface area contributed by atoms with Crippen LogP contribution in [0.2, 0.25) is 0 Å². The number of hydrogen-bond acceptors (Lipinski definition) is 4. The Morgan fingerprint density at radius 2 is 1.69 bits per heavy atom. The molecule has 26 heavy (non-hydrogen) atoms. The quantitative estimate of drug-likeness (QED) is 0.718. The lowest BCUT2D eigenvalue weighted by atomic mass is 10.1. The minimum atomic E-state index is -0.260. The second-order valence-corrected chi connectivity index (χ2v) is 6.47. The molecule has 0 saturated carbocycles. The van der Waals surface area contributed by atoms with Crippen molar-refractivity contribution in [2.24, 2.45) is 0 Å². The molecule has 1 aromatic heterocycles. The Kier molecular flexibility index (Phi) is 4.98. The van der Waals surface area contributed by atoms with Crippen LogP contribution < -0.4 is 10.6 Å². The Hall–Kier alpha value is -3.21. The van der Waals surface area contributed by atoms with Crippen molar-refractivity contribution in [1.82, 2.24) is 9.97 Å². The second-order valence-electron chi connectivity index (χ2n) is 6.47. The van der Waals surface area contributed by atoms with Gasteiger partial charge in [0.25, 0.3) is 5.91 Å². The summed E-state index contributed by atoms with van der Waals surface area (Å²) in [7, 11) is 0. The van der Waals surface area contributed by atoms with Crippen LogP contribution >= 0.6 is 0 Å². The van der Waals surface area contributed by atoms with E-state index in [4.69, 9.17) is 0 Å². The van der Waals surface area contributed by atoms with Crippen LogP contribution in [0.5, 0.6) is 0 Å². The third-order valence-electron chi connectivity index (χ3n) is 4.22. The van der Waals surface area contributed by atoms with Crippen LogP contribution in [0.1, 0.15) is 32.7 Å². The summed E-state index contributed by atoms with van der Waals surface area (Å²) in [5.74, 6) is 0.133. The van der Waals surface area contributed by atoms with Crippen molar-refractivity contribution in [1.29, 1.82) is 0 Å². The highest BCUT2D eigenvalue weighted by molar-refractivity contribution is 6.03. The molecule has 132 valence electrons. The van der Waals surface area contributed by atoms with Gasteiger partial charge in [-0.1, -0.05) is 18.2 Å². The van der Waals surface area contributed by atoms with E-state index in [9.17, 15) is 4.79 Å². The maximum Gasteiger partial charge on any atom is 0.274 e. The number of aromatic nitrogens is 2. The molecule has 0 radical (unpaired) electrons. The molecular formula is C21H22N4O. The van der Waals surface area contributed by atoms with Crippen LogP contribution in [0, 0.1) is 27.7 Å². The van der Waals surface area contributed by atoms with Crippen LogP contribution in [0.25, 0.3) is 0 Å². The third-order valence-corrected chi connectivity index (χ3v) is 4.22. The number of carbonyl (C=O) groups is 1. The Morgan fingerprint density at radius 3 is 2.42 bits per heavy atom. The van der Waals surface area contributed by atoms with Gasteiger partial charge in [-0.25, -0.2) is 9.97 Å². The van der Waals surface area contributed by atoms with Crippen molar-refractivity contribution in [2.45, 2.75) is 27.7 Å². The third kappa shape index (κ3) is 4.06. The monoisotopic (exact) mass is 346 g/mol. The van der Waals surface area contributed by atoms with E-state index in [1.54, 1.807) is 12.3 Å². The second kappa shape index (κ2) is 7.35. The van der Waals surface area contributed by atoms with Crippen molar-refractivity contribution >= 4 is 23.2 Å². The largest absolute Gasteiger partial charge is 0.324 e. The summed E-state index contributed by atoms with van der Waals surface area (Å²) >= 11 is 0. The van der Waals surface area contributed by atoms with Gasteiger partial charge in [-0.3, -0.25) is 4.79 Å². The van der Waals surface area contributed by atoms with E-state index in [1.807, 2.05) is 58.0 Å². The molecule has 0 aliphatic carbocycles. The molecule has 0 unspecified atom stereocenters. The summed E-state index contributed by atoms with van der Waals surface area (Å²) in [5, 5.41) is 6.08. The topological polar surface area (TPSA) is 66.9 Å². The molecule has 1 heterocycles. The van der Waals surface area contributed by atoms with Crippen molar-refractivity contribution < 1.29 is 4.79 Å². The number of rotatable bonds is 4. The predicted molar refractivity (Wildman–Crippen MR) is 105 cm³/mol. The predicted octanol–water partition coefficient (Wildman–Crippen LogP) is 4.71. The summed E-state index contributed by atoms with van der Waals surface area (Å²) in [4.78, 5) is 21.1. The van der Waals surface area contributed by atoms with Gasteiger partial charge in [0.2, 0.25) is 5.95 Å². The number of aryl methyl sites for hydroxylation is 3. The molecule has 3 aromatic rings. The van der Waals surface area contributed by atoms with Crippen molar-refractivity contribution in [3.63, 3.8) is 0 Å². The van der Waals surface area contributed by atoms with Gasteiger partial charge in [0.05, 0.1) is 0 Å². The van der Waals surface area contributed by atoms with E-state index in [2.05, 4.69) is 26.7 Å². The zero-order valence-electron chi connectivity index (χ0n) is 15.4. The molecule has 0 aliphatic heterocycles. The lowest BCUT2D eigenvalue weighted by Crippen LogP contribution is -2.15. The molecule has 3 rings (SSSR count). The first kappa shape index (κ1) is 17.6. The lowest BCUT2D eigenvalue weighted by Gasteiger charge is -2.11. The summed E-state index contributed by atoms with van der Waals surface area (Å²) in [6.45, 7) is 8.07. The van der Waals surface area contributed by atoms with Gasteiger partial charge < -0.3 is 10.6 Å². The summed E-state index contributed by atoms with van der Waals surface area (Å²) in [6, 6.07) is 13.5. The molecule has 1 amide bonds. The van der Waals surface area contributed by atoms with Crippen molar-refractivity contribution in [3.05, 3.63) is 76.6 Å². The van der Waals surface area contributed by atoms with Gasteiger partial charge >= 0.3 is 0 Å². The highest BCUT2D eigenvalue weighted by Gasteiger charge is 2.11. The fraction of sp³-hybridized carbons (Fsp3) is 0.190. The molecule has 5 nitrogen and oxygen atoms in total. The first-order chi connectivity index (χ1) is 12.4. The first-order valence-corrected chi connectivity index (χ1v) is 8.48.